The van der Waals surface area contributed by atoms with Gasteiger partial charge in [0, 0.05) is 22.2 Å². The van der Waals surface area contributed by atoms with Crippen LogP contribution in [0.4, 0.5) is 0 Å². The van der Waals surface area contributed by atoms with Crippen LogP contribution in [0.3, 0.4) is 0 Å². The van der Waals surface area contributed by atoms with E-state index in [0.29, 0.717) is 28.3 Å². The smallest absolute Gasteiger partial charge is 0.250 e. The van der Waals surface area contributed by atoms with Crippen LogP contribution in [0, 0.1) is 0 Å². The molecule has 0 unspecified atom stereocenters. The van der Waals surface area contributed by atoms with Gasteiger partial charge in [0.15, 0.2) is 22.5 Å². The van der Waals surface area contributed by atoms with Crippen molar-refractivity contribution in [3.63, 3.8) is 0 Å². The van der Waals surface area contributed by atoms with Crippen LogP contribution in [0.15, 0.2) is 52.7 Å². The van der Waals surface area contributed by atoms with Crippen LogP contribution in [-0.4, -0.2) is 46.4 Å². The predicted molar refractivity (Wildman–Crippen MR) is 143 cm³/mol. The monoisotopic (exact) mass is 527 g/mol. The zero-order valence-electron chi connectivity index (χ0n) is 20.7. The Balaban J connectivity index is 1.46. The highest BCUT2D eigenvalue weighted by molar-refractivity contribution is 7.99. The summed E-state index contributed by atoms with van der Waals surface area (Å²) in [6.45, 7) is 1.83. The highest BCUT2D eigenvalue weighted by atomic mass is 35.5. The summed E-state index contributed by atoms with van der Waals surface area (Å²) < 4.78 is 12.8. The Hall–Kier alpha value is -3.04. The molecule has 1 heterocycles. The van der Waals surface area contributed by atoms with Crippen LogP contribution in [0.2, 0.25) is 5.02 Å². The Morgan fingerprint density at radius 2 is 1.81 bits per heavy atom. The third kappa shape index (κ3) is 6.20. The van der Waals surface area contributed by atoms with E-state index in [0.717, 1.165) is 34.9 Å². The highest BCUT2D eigenvalue weighted by Gasteiger charge is 2.24. The van der Waals surface area contributed by atoms with Crippen LogP contribution in [-0.2, 0) is 4.79 Å². The molecule has 10 heteroatoms. The van der Waals surface area contributed by atoms with Gasteiger partial charge in [-0.3, -0.25) is 9.36 Å². The maximum atomic E-state index is 12.6. The summed E-state index contributed by atoms with van der Waals surface area (Å²) in [7, 11) is 3.17. The first-order valence-corrected chi connectivity index (χ1v) is 13.3. The molecule has 190 valence electrons. The van der Waals surface area contributed by atoms with Gasteiger partial charge in [0.1, 0.15) is 0 Å². The number of nitrogens with zero attached hydrogens (tertiary/aromatic N) is 4. The Bertz CT molecular complexity index is 1220. The molecule has 1 fully saturated rings. The number of hydrogen-bond acceptors (Lipinski definition) is 7. The van der Waals surface area contributed by atoms with Crippen LogP contribution < -0.4 is 14.9 Å². The lowest BCUT2D eigenvalue weighted by Gasteiger charge is -2.25. The minimum absolute atomic E-state index is 0.175. The number of amides is 1. The summed E-state index contributed by atoms with van der Waals surface area (Å²) in [6.07, 6.45) is 5.76. The van der Waals surface area contributed by atoms with Crippen molar-refractivity contribution in [1.82, 2.24) is 20.2 Å². The lowest BCUT2D eigenvalue weighted by atomic mass is 9.95. The van der Waals surface area contributed by atoms with Crippen molar-refractivity contribution < 1.29 is 14.3 Å². The fourth-order valence-corrected chi connectivity index (χ4v) is 5.20. The molecule has 1 aliphatic rings. The van der Waals surface area contributed by atoms with Crippen molar-refractivity contribution in [2.45, 2.75) is 50.2 Å². The van der Waals surface area contributed by atoms with Gasteiger partial charge in [-0.1, -0.05) is 42.6 Å². The van der Waals surface area contributed by atoms with Crippen LogP contribution in [0.25, 0.3) is 11.4 Å². The molecule has 2 aromatic carbocycles. The van der Waals surface area contributed by atoms with Crippen molar-refractivity contribution in [2.75, 3.05) is 20.0 Å². The number of halogens is 1. The topological polar surface area (TPSA) is 90.6 Å². The molecule has 8 nitrogen and oxygen atoms in total. The van der Waals surface area contributed by atoms with Gasteiger partial charge in [-0.05, 0) is 62.2 Å². The average Bonchev–Trinajstić information content (AvgIpc) is 3.35. The molecule has 0 bridgehead atoms. The predicted octanol–water partition coefficient (Wildman–Crippen LogP) is 5.75. The third-order valence-corrected chi connectivity index (χ3v) is 7.38. The van der Waals surface area contributed by atoms with E-state index < -0.39 is 0 Å². The van der Waals surface area contributed by atoms with Crippen molar-refractivity contribution >= 4 is 35.0 Å². The molecule has 0 spiro atoms. The molecule has 0 radical (unpaired) electrons. The van der Waals surface area contributed by atoms with E-state index >= 15 is 0 Å². The number of carbonyl (C=O) groups is 1. The zero-order valence-corrected chi connectivity index (χ0v) is 22.2. The molecule has 0 aliphatic heterocycles. The number of nitrogens with one attached hydrogen (secondary N) is 1. The maximum absolute atomic E-state index is 12.6. The SMILES string of the molecule is COc1ccc(C(C)=NNC(=O)CSc2nnc(-c3ccc(Cl)cc3)n2C2CCCCC2)cc1OC. The number of methoxy groups -OCH3 is 2. The van der Waals surface area contributed by atoms with Gasteiger partial charge in [0.25, 0.3) is 5.91 Å². The van der Waals surface area contributed by atoms with Crippen LogP contribution in [0.1, 0.15) is 50.6 Å². The number of aromatic nitrogens is 3. The number of ether oxygens (including phenoxy) is 2. The van der Waals surface area contributed by atoms with Gasteiger partial charge in [0.05, 0.1) is 25.7 Å². The average molecular weight is 528 g/mol. The number of hydrogen-bond donors (Lipinski definition) is 1. The third-order valence-electron chi connectivity index (χ3n) is 6.19. The summed E-state index contributed by atoms with van der Waals surface area (Å²) in [5.41, 5.74) is 5.09. The normalized spacial score (nSPS) is 14.5. The van der Waals surface area contributed by atoms with Crippen molar-refractivity contribution in [3.8, 4) is 22.9 Å². The first-order valence-electron chi connectivity index (χ1n) is 11.9. The molecule has 1 aliphatic carbocycles. The van der Waals surface area contributed by atoms with E-state index in [-0.39, 0.29) is 11.7 Å². The summed E-state index contributed by atoms with van der Waals surface area (Å²) in [5, 5.41) is 14.6. The molecule has 1 aromatic heterocycles. The van der Waals surface area contributed by atoms with Crippen LogP contribution >= 0.6 is 23.4 Å². The quantitative estimate of drug-likeness (QED) is 0.216. The molecule has 36 heavy (non-hydrogen) atoms. The van der Waals surface area contributed by atoms with E-state index in [1.165, 1.54) is 31.0 Å². The lowest BCUT2D eigenvalue weighted by molar-refractivity contribution is -0.118. The van der Waals surface area contributed by atoms with E-state index in [2.05, 4.69) is 25.3 Å². The number of benzene rings is 2. The fourth-order valence-electron chi connectivity index (χ4n) is 4.27. The van der Waals surface area contributed by atoms with Crippen molar-refractivity contribution in [1.29, 1.82) is 0 Å². The van der Waals surface area contributed by atoms with E-state index in [9.17, 15) is 4.79 Å². The molecule has 4 rings (SSSR count). The summed E-state index contributed by atoms with van der Waals surface area (Å²) in [6, 6.07) is 13.4. The molecule has 1 amide bonds. The Kier molecular flexibility index (Phi) is 8.88. The Morgan fingerprint density at radius 1 is 1.08 bits per heavy atom. The molecular formula is C26H30ClN5O3S. The summed E-state index contributed by atoms with van der Waals surface area (Å²) in [5.74, 6) is 2.00. The number of thioether (sulfide) groups is 1. The number of rotatable bonds is 9. The van der Waals surface area contributed by atoms with E-state index in [4.69, 9.17) is 21.1 Å². The standard InChI is InChI=1S/C26H30ClN5O3S/c1-17(19-11-14-22(34-2)23(15-19)35-3)28-29-24(33)16-36-26-31-30-25(18-9-12-20(27)13-10-18)32(26)21-7-5-4-6-8-21/h9-15,21H,4-8,16H2,1-3H3,(H,29,33). The number of hydrazone groups is 1. The Morgan fingerprint density at radius 3 is 2.50 bits per heavy atom. The van der Waals surface area contributed by atoms with Crippen LogP contribution in [0.5, 0.6) is 11.5 Å². The van der Waals surface area contributed by atoms with Crippen molar-refractivity contribution in [2.24, 2.45) is 5.10 Å². The van der Waals surface area contributed by atoms with E-state index in [1.54, 1.807) is 20.3 Å². The summed E-state index contributed by atoms with van der Waals surface area (Å²) >= 11 is 7.45. The maximum Gasteiger partial charge on any atom is 0.250 e. The lowest BCUT2D eigenvalue weighted by Crippen LogP contribution is -2.22. The van der Waals surface area contributed by atoms with Gasteiger partial charge in [-0.15, -0.1) is 10.2 Å². The highest BCUT2D eigenvalue weighted by Crippen LogP contribution is 2.35. The first kappa shape index (κ1) is 26.0. The fraction of sp³-hybridized carbons (Fsp3) is 0.385. The molecule has 0 saturated heterocycles. The van der Waals surface area contributed by atoms with Gasteiger partial charge >= 0.3 is 0 Å². The molecule has 3 aromatic rings. The minimum Gasteiger partial charge on any atom is -0.493 e. The molecule has 0 atom stereocenters. The largest absolute Gasteiger partial charge is 0.493 e. The molecule has 1 saturated carbocycles. The van der Waals surface area contributed by atoms with Crippen molar-refractivity contribution in [3.05, 3.63) is 53.1 Å². The van der Waals surface area contributed by atoms with Gasteiger partial charge in [-0.2, -0.15) is 5.10 Å². The number of carbonyl (C=O) groups excluding carboxylic acids is 1. The second kappa shape index (κ2) is 12.3. The Labute approximate surface area is 220 Å². The minimum atomic E-state index is -0.217. The summed E-state index contributed by atoms with van der Waals surface area (Å²) in [4.78, 5) is 12.6. The first-order chi connectivity index (χ1) is 17.5. The second-order valence-corrected chi connectivity index (χ2v) is 9.94. The molecular weight excluding hydrogens is 498 g/mol. The molecule has 1 N–H and O–H groups in total. The van der Waals surface area contributed by atoms with Gasteiger partial charge < -0.3 is 9.47 Å². The second-order valence-electron chi connectivity index (χ2n) is 8.57. The zero-order chi connectivity index (χ0) is 25.5. The van der Waals surface area contributed by atoms with E-state index in [1.807, 2.05) is 43.3 Å². The van der Waals surface area contributed by atoms with Gasteiger partial charge in [-0.25, -0.2) is 5.43 Å². The van der Waals surface area contributed by atoms with Gasteiger partial charge in [0.2, 0.25) is 0 Å².